The smallest absolute Gasteiger partial charge is 0.411 e. The van der Waals surface area contributed by atoms with Crippen LogP contribution < -0.4 is 0 Å². The molecule has 1 amide bonds. The molecule has 114 valence electrons. The Morgan fingerprint density at radius 1 is 1.30 bits per heavy atom. The van der Waals surface area contributed by atoms with E-state index >= 15 is 0 Å². The van der Waals surface area contributed by atoms with Gasteiger partial charge in [0, 0.05) is 17.3 Å². The van der Waals surface area contributed by atoms with Crippen LogP contribution in [0.25, 0.3) is 0 Å². The monoisotopic (exact) mass is 347 g/mol. The van der Waals surface area contributed by atoms with Gasteiger partial charge in [-0.25, -0.2) is 9.59 Å². The molecular formula is C14H22BrNO4. The van der Waals surface area contributed by atoms with Crippen molar-refractivity contribution in [2.24, 2.45) is 5.41 Å². The molecule has 2 unspecified atom stereocenters. The van der Waals surface area contributed by atoms with Gasteiger partial charge in [-0.1, -0.05) is 15.9 Å². The van der Waals surface area contributed by atoms with Crippen molar-refractivity contribution in [1.82, 2.24) is 4.90 Å². The predicted molar refractivity (Wildman–Crippen MR) is 77.8 cm³/mol. The summed E-state index contributed by atoms with van der Waals surface area (Å²) >= 11 is 3.52. The Labute approximate surface area is 128 Å². The van der Waals surface area contributed by atoms with Gasteiger partial charge in [0.15, 0.2) is 0 Å². The summed E-state index contributed by atoms with van der Waals surface area (Å²) in [7, 11) is 1.37. The van der Waals surface area contributed by atoms with Gasteiger partial charge in [-0.05, 0) is 40.0 Å². The lowest BCUT2D eigenvalue weighted by atomic mass is 9.90. The summed E-state index contributed by atoms with van der Waals surface area (Å²) < 4.78 is 10.4. The number of hydrogen-bond acceptors (Lipinski definition) is 4. The number of carbonyl (C=O) groups is 2. The largest absolute Gasteiger partial charge is 0.467 e. The lowest BCUT2D eigenvalue weighted by Crippen LogP contribution is -2.55. The van der Waals surface area contributed by atoms with Crippen LogP contribution in [0.3, 0.4) is 0 Å². The molecule has 0 N–H and O–H groups in total. The van der Waals surface area contributed by atoms with Crippen LogP contribution in [-0.4, -0.2) is 47.1 Å². The van der Waals surface area contributed by atoms with E-state index in [0.717, 1.165) is 11.8 Å². The highest BCUT2D eigenvalue weighted by Gasteiger charge is 2.65. The number of ether oxygens (including phenoxy) is 2. The van der Waals surface area contributed by atoms with Crippen LogP contribution in [0.4, 0.5) is 4.79 Å². The van der Waals surface area contributed by atoms with E-state index in [4.69, 9.17) is 9.47 Å². The van der Waals surface area contributed by atoms with E-state index in [1.807, 2.05) is 20.8 Å². The molecule has 2 bridgehead atoms. The van der Waals surface area contributed by atoms with E-state index in [-0.39, 0.29) is 11.4 Å². The van der Waals surface area contributed by atoms with Gasteiger partial charge >= 0.3 is 12.1 Å². The Balaban J connectivity index is 2.28. The summed E-state index contributed by atoms with van der Waals surface area (Å²) in [4.78, 5) is 26.2. The first-order valence-electron chi connectivity index (χ1n) is 6.83. The zero-order chi connectivity index (χ0) is 15.2. The van der Waals surface area contributed by atoms with Gasteiger partial charge in [-0.2, -0.15) is 0 Å². The zero-order valence-electron chi connectivity index (χ0n) is 12.5. The lowest BCUT2D eigenvalue weighted by molar-refractivity contribution is -0.153. The maximum absolute atomic E-state index is 12.4. The van der Waals surface area contributed by atoms with Gasteiger partial charge in [0.25, 0.3) is 0 Å². The van der Waals surface area contributed by atoms with E-state index in [0.29, 0.717) is 19.4 Å². The van der Waals surface area contributed by atoms with Crippen LogP contribution in [-0.2, 0) is 14.3 Å². The molecule has 20 heavy (non-hydrogen) atoms. The van der Waals surface area contributed by atoms with Crippen LogP contribution in [0.2, 0.25) is 0 Å². The molecule has 0 radical (unpaired) electrons. The maximum Gasteiger partial charge on any atom is 0.411 e. The minimum Gasteiger partial charge on any atom is -0.467 e. The summed E-state index contributed by atoms with van der Waals surface area (Å²) in [5, 5.41) is 0.776. The van der Waals surface area contributed by atoms with Crippen LogP contribution in [0, 0.1) is 5.41 Å². The van der Waals surface area contributed by atoms with Crippen molar-refractivity contribution in [3.63, 3.8) is 0 Å². The zero-order valence-corrected chi connectivity index (χ0v) is 14.1. The third kappa shape index (κ3) is 2.43. The standard InChI is InChI=1S/C14H22BrNO4/c1-12(2,3)20-11(18)16-9-13(8-15)5-6-14(16,7-13)10(17)19-4/h5-9H2,1-4H3. The molecule has 1 saturated carbocycles. The molecule has 2 fully saturated rings. The highest BCUT2D eigenvalue weighted by Crippen LogP contribution is 2.56. The summed E-state index contributed by atoms with van der Waals surface area (Å²) in [6.45, 7) is 6.02. The van der Waals surface area contributed by atoms with E-state index < -0.39 is 17.2 Å². The van der Waals surface area contributed by atoms with E-state index in [2.05, 4.69) is 15.9 Å². The first-order chi connectivity index (χ1) is 9.18. The molecular weight excluding hydrogens is 326 g/mol. The van der Waals surface area contributed by atoms with E-state index in [1.165, 1.54) is 7.11 Å². The van der Waals surface area contributed by atoms with Crippen LogP contribution in [0.5, 0.6) is 0 Å². The fraction of sp³-hybridized carbons (Fsp3) is 0.857. The SMILES string of the molecule is COC(=O)C12CCC(CBr)(CN1C(=O)OC(C)(C)C)C2. The van der Waals surface area contributed by atoms with Crippen molar-refractivity contribution in [2.45, 2.75) is 51.2 Å². The minimum absolute atomic E-state index is 0.0366. The number of alkyl halides is 1. The number of halogens is 1. The van der Waals surface area contributed by atoms with Crippen LogP contribution in [0.15, 0.2) is 0 Å². The number of carbonyl (C=O) groups excluding carboxylic acids is 2. The highest BCUT2D eigenvalue weighted by molar-refractivity contribution is 9.09. The number of hydrogen-bond donors (Lipinski definition) is 0. The predicted octanol–water partition coefficient (Wildman–Crippen LogP) is 2.71. The molecule has 0 aromatic carbocycles. The number of fused-ring (bicyclic) bond motifs is 2. The number of methoxy groups -OCH3 is 1. The van der Waals surface area contributed by atoms with Crippen molar-refractivity contribution in [1.29, 1.82) is 0 Å². The highest BCUT2D eigenvalue weighted by atomic mass is 79.9. The maximum atomic E-state index is 12.4. The van der Waals surface area contributed by atoms with Gasteiger partial charge < -0.3 is 9.47 Å². The molecule has 1 aliphatic heterocycles. The molecule has 2 rings (SSSR count). The molecule has 2 aliphatic rings. The summed E-state index contributed by atoms with van der Waals surface area (Å²) in [6, 6.07) is 0. The minimum atomic E-state index is -0.842. The Kier molecular flexibility index (Phi) is 3.82. The molecule has 0 aromatic rings. The van der Waals surface area contributed by atoms with Crippen molar-refractivity contribution < 1.29 is 19.1 Å². The van der Waals surface area contributed by atoms with Gasteiger partial charge in [-0.15, -0.1) is 0 Å². The second-order valence-corrected chi connectivity index (χ2v) is 7.46. The number of piperidine rings is 1. The van der Waals surface area contributed by atoms with Crippen molar-refractivity contribution in [3.05, 3.63) is 0 Å². The first kappa shape index (κ1) is 15.6. The Hall–Kier alpha value is -0.780. The van der Waals surface area contributed by atoms with Crippen molar-refractivity contribution in [2.75, 3.05) is 19.0 Å². The van der Waals surface area contributed by atoms with Crippen LogP contribution >= 0.6 is 15.9 Å². The average molecular weight is 348 g/mol. The van der Waals surface area contributed by atoms with Crippen LogP contribution in [0.1, 0.15) is 40.0 Å². The number of nitrogens with zero attached hydrogens (tertiary/aromatic N) is 1. The second-order valence-electron chi connectivity index (χ2n) is 6.90. The summed E-state index contributed by atoms with van der Waals surface area (Å²) in [6.07, 6.45) is 1.79. The topological polar surface area (TPSA) is 55.8 Å². The number of rotatable bonds is 2. The number of esters is 1. The Morgan fingerprint density at radius 2 is 1.95 bits per heavy atom. The average Bonchev–Trinajstić information content (AvgIpc) is 2.91. The fourth-order valence-corrected chi connectivity index (χ4v) is 3.96. The van der Waals surface area contributed by atoms with Gasteiger partial charge in [0.2, 0.25) is 0 Å². The molecule has 0 spiro atoms. The normalized spacial score (nSPS) is 32.4. The third-order valence-electron chi connectivity index (χ3n) is 4.21. The Bertz CT molecular complexity index is 433. The van der Waals surface area contributed by atoms with Gasteiger partial charge in [-0.3, -0.25) is 4.90 Å². The summed E-state index contributed by atoms with van der Waals surface area (Å²) in [5.74, 6) is -0.330. The van der Waals surface area contributed by atoms with E-state index in [1.54, 1.807) is 4.90 Å². The van der Waals surface area contributed by atoms with Crippen molar-refractivity contribution >= 4 is 28.0 Å². The molecule has 1 saturated heterocycles. The number of amides is 1. The number of likely N-dealkylation sites (tertiary alicyclic amines) is 1. The Morgan fingerprint density at radius 3 is 2.45 bits per heavy atom. The van der Waals surface area contributed by atoms with E-state index in [9.17, 15) is 9.59 Å². The fourth-order valence-electron chi connectivity index (χ4n) is 3.31. The summed E-state index contributed by atoms with van der Waals surface area (Å²) in [5.41, 5.74) is -1.45. The van der Waals surface area contributed by atoms with Gasteiger partial charge in [0.1, 0.15) is 11.1 Å². The molecule has 1 heterocycles. The lowest BCUT2D eigenvalue weighted by Gasteiger charge is -2.38. The second kappa shape index (κ2) is 4.90. The third-order valence-corrected chi connectivity index (χ3v) is 5.40. The molecule has 0 aromatic heterocycles. The molecule has 2 atom stereocenters. The quantitative estimate of drug-likeness (QED) is 0.569. The molecule has 6 heteroatoms. The van der Waals surface area contributed by atoms with Crippen molar-refractivity contribution in [3.8, 4) is 0 Å². The van der Waals surface area contributed by atoms with Gasteiger partial charge in [0.05, 0.1) is 7.11 Å². The molecule has 5 nitrogen and oxygen atoms in total. The first-order valence-corrected chi connectivity index (χ1v) is 7.95. The molecule has 1 aliphatic carbocycles.